The lowest BCUT2D eigenvalue weighted by Crippen LogP contribution is -2.38. The molecule has 1 saturated heterocycles. The fourth-order valence-corrected chi connectivity index (χ4v) is 5.98. The third-order valence-electron chi connectivity index (χ3n) is 7.43. The molecule has 0 spiro atoms. The summed E-state index contributed by atoms with van der Waals surface area (Å²) < 4.78 is 11.7. The van der Waals surface area contributed by atoms with E-state index in [2.05, 4.69) is 48.3 Å². The van der Waals surface area contributed by atoms with Crippen molar-refractivity contribution in [1.82, 2.24) is 4.90 Å². The highest BCUT2D eigenvalue weighted by molar-refractivity contribution is 6.24. The summed E-state index contributed by atoms with van der Waals surface area (Å²) in [7, 11) is 0. The second-order valence-electron chi connectivity index (χ2n) is 10.8. The van der Waals surface area contributed by atoms with Gasteiger partial charge in [0.15, 0.2) is 11.5 Å². The molecule has 0 bridgehead atoms. The van der Waals surface area contributed by atoms with Gasteiger partial charge < -0.3 is 14.8 Å². The molecule has 1 N–H and O–H groups in total. The van der Waals surface area contributed by atoms with E-state index in [0.29, 0.717) is 30.4 Å². The number of nitrogens with zero attached hydrogens (tertiary/aromatic N) is 2. The topological polar surface area (TPSA) is 63.2 Å². The second-order valence-corrected chi connectivity index (χ2v) is 10.8. The smallest absolute Gasteiger partial charge is 0.238 e. The number of hydrogen-bond acceptors (Lipinski definition) is 5. The first-order valence-electron chi connectivity index (χ1n) is 14.1. The highest BCUT2D eigenvalue weighted by Crippen LogP contribution is 2.43. The maximum absolute atomic E-state index is 13.4. The lowest BCUT2D eigenvalue weighted by molar-refractivity contribution is -0.115. The zero-order valence-corrected chi connectivity index (χ0v) is 23.4. The molecule has 0 aliphatic carbocycles. The number of amides is 1. The SMILES string of the molecule is CCOc1cc2c(cc1OCC)C(C(=Nc1ccc(CN3CC(C)CC(C)C3)cc1)c1ccccc1)C(=O)N2. The van der Waals surface area contributed by atoms with Crippen molar-refractivity contribution in [2.75, 3.05) is 31.6 Å². The summed E-state index contributed by atoms with van der Waals surface area (Å²) >= 11 is 0. The quantitative estimate of drug-likeness (QED) is 0.312. The van der Waals surface area contributed by atoms with E-state index in [0.717, 1.165) is 54.0 Å². The zero-order valence-electron chi connectivity index (χ0n) is 23.4. The average molecular weight is 526 g/mol. The van der Waals surface area contributed by atoms with Crippen LogP contribution < -0.4 is 14.8 Å². The predicted molar refractivity (Wildman–Crippen MR) is 157 cm³/mol. The average Bonchev–Trinajstić information content (AvgIpc) is 3.23. The summed E-state index contributed by atoms with van der Waals surface area (Å²) in [5.41, 5.74) is 5.32. The molecule has 2 heterocycles. The number of ether oxygens (including phenoxy) is 2. The Kier molecular flexibility index (Phi) is 8.32. The molecule has 3 atom stereocenters. The third kappa shape index (κ3) is 6.17. The number of benzene rings is 3. The van der Waals surface area contributed by atoms with Crippen LogP contribution in [0.15, 0.2) is 71.7 Å². The van der Waals surface area contributed by atoms with Crippen LogP contribution in [0.1, 0.15) is 56.7 Å². The van der Waals surface area contributed by atoms with Crippen LogP contribution in [0.5, 0.6) is 11.5 Å². The van der Waals surface area contributed by atoms with Gasteiger partial charge in [0, 0.05) is 31.4 Å². The Morgan fingerprint density at radius 1 is 0.923 bits per heavy atom. The first-order valence-corrected chi connectivity index (χ1v) is 14.1. The van der Waals surface area contributed by atoms with Crippen molar-refractivity contribution < 1.29 is 14.3 Å². The zero-order chi connectivity index (χ0) is 27.4. The molecule has 1 fully saturated rings. The molecule has 0 aromatic heterocycles. The van der Waals surface area contributed by atoms with E-state index < -0.39 is 5.92 Å². The van der Waals surface area contributed by atoms with E-state index >= 15 is 0 Å². The minimum absolute atomic E-state index is 0.103. The minimum atomic E-state index is -0.562. The summed E-state index contributed by atoms with van der Waals surface area (Å²) in [6.07, 6.45) is 1.31. The van der Waals surface area contributed by atoms with E-state index in [1.54, 1.807) is 0 Å². The third-order valence-corrected chi connectivity index (χ3v) is 7.43. The maximum Gasteiger partial charge on any atom is 0.238 e. The summed E-state index contributed by atoms with van der Waals surface area (Å²) in [6, 6.07) is 22.2. The molecule has 0 saturated carbocycles. The molecule has 204 valence electrons. The van der Waals surface area contributed by atoms with Crippen LogP contribution in [-0.2, 0) is 11.3 Å². The van der Waals surface area contributed by atoms with Gasteiger partial charge in [-0.1, -0.05) is 56.3 Å². The van der Waals surface area contributed by atoms with Crippen LogP contribution in [0.3, 0.4) is 0 Å². The fraction of sp³-hybridized carbons (Fsp3) is 0.394. The Morgan fingerprint density at radius 2 is 1.56 bits per heavy atom. The molecule has 3 aromatic carbocycles. The molecule has 1 amide bonds. The molecule has 6 nitrogen and oxygen atoms in total. The Balaban J connectivity index is 1.48. The number of hydrogen-bond donors (Lipinski definition) is 1. The molecule has 3 unspecified atom stereocenters. The van der Waals surface area contributed by atoms with Crippen LogP contribution in [0, 0.1) is 11.8 Å². The van der Waals surface area contributed by atoms with Gasteiger partial charge in [-0.2, -0.15) is 0 Å². The number of fused-ring (bicyclic) bond motifs is 1. The van der Waals surface area contributed by atoms with E-state index in [1.165, 1.54) is 12.0 Å². The van der Waals surface area contributed by atoms with Crippen LogP contribution in [0.25, 0.3) is 0 Å². The molecule has 2 aliphatic rings. The summed E-state index contributed by atoms with van der Waals surface area (Å²) in [6.45, 7) is 12.8. The minimum Gasteiger partial charge on any atom is -0.490 e. The largest absolute Gasteiger partial charge is 0.490 e. The van der Waals surface area contributed by atoms with Gasteiger partial charge in [-0.15, -0.1) is 0 Å². The molecule has 6 heteroatoms. The Hall–Kier alpha value is -3.64. The van der Waals surface area contributed by atoms with Crippen molar-refractivity contribution in [1.29, 1.82) is 0 Å². The number of anilines is 1. The first kappa shape index (κ1) is 26.9. The summed E-state index contributed by atoms with van der Waals surface area (Å²) in [5.74, 6) is 2.07. The van der Waals surface area contributed by atoms with Crippen molar-refractivity contribution in [3.8, 4) is 11.5 Å². The van der Waals surface area contributed by atoms with E-state index in [9.17, 15) is 4.79 Å². The van der Waals surface area contributed by atoms with Crippen molar-refractivity contribution in [2.45, 2.75) is 46.6 Å². The van der Waals surface area contributed by atoms with Gasteiger partial charge in [0.1, 0.15) is 5.92 Å². The lowest BCUT2D eigenvalue weighted by Gasteiger charge is -2.35. The Labute approximate surface area is 232 Å². The molecular formula is C33H39N3O3. The lowest BCUT2D eigenvalue weighted by atomic mass is 9.90. The van der Waals surface area contributed by atoms with Gasteiger partial charge in [-0.05, 0) is 67.0 Å². The first-order chi connectivity index (χ1) is 18.9. The summed E-state index contributed by atoms with van der Waals surface area (Å²) in [4.78, 5) is 21.1. The second kappa shape index (κ2) is 12.0. The van der Waals surface area contributed by atoms with E-state index in [1.807, 2.05) is 56.3 Å². The van der Waals surface area contributed by atoms with Crippen LogP contribution in [0.4, 0.5) is 11.4 Å². The highest BCUT2D eigenvalue weighted by Gasteiger charge is 2.37. The van der Waals surface area contributed by atoms with Crippen LogP contribution in [0.2, 0.25) is 0 Å². The predicted octanol–water partition coefficient (Wildman–Crippen LogP) is 6.82. The van der Waals surface area contributed by atoms with Gasteiger partial charge in [0.05, 0.1) is 24.6 Å². The van der Waals surface area contributed by atoms with E-state index in [4.69, 9.17) is 14.5 Å². The van der Waals surface area contributed by atoms with E-state index in [-0.39, 0.29) is 5.91 Å². The number of carbonyl (C=O) groups is 1. The molecule has 0 radical (unpaired) electrons. The Morgan fingerprint density at radius 3 is 2.21 bits per heavy atom. The summed E-state index contributed by atoms with van der Waals surface area (Å²) in [5, 5.41) is 3.05. The van der Waals surface area contributed by atoms with Gasteiger partial charge in [-0.3, -0.25) is 14.7 Å². The molecule has 5 rings (SSSR count). The van der Waals surface area contributed by atoms with Crippen LogP contribution >= 0.6 is 0 Å². The maximum atomic E-state index is 13.4. The number of rotatable bonds is 9. The van der Waals surface area contributed by atoms with Crippen molar-refractivity contribution in [3.05, 3.63) is 83.4 Å². The van der Waals surface area contributed by atoms with Gasteiger partial charge in [0.2, 0.25) is 5.91 Å². The van der Waals surface area contributed by atoms with Gasteiger partial charge in [0.25, 0.3) is 0 Å². The molecule has 39 heavy (non-hydrogen) atoms. The standard InChI is InChI=1S/C33H39N3O3/c1-5-38-29-17-27-28(18-30(29)39-6-2)35-33(37)31(27)32(25-10-8-7-9-11-25)34-26-14-12-24(13-15-26)21-36-19-22(3)16-23(4)20-36/h7-15,17-18,22-23,31H,5-6,16,19-21H2,1-4H3,(H,35,37). The molecule has 3 aromatic rings. The number of likely N-dealkylation sites (tertiary alicyclic amines) is 1. The van der Waals surface area contributed by atoms with Crippen molar-refractivity contribution >= 4 is 23.0 Å². The Bertz CT molecular complexity index is 1310. The van der Waals surface area contributed by atoms with Gasteiger partial charge in [-0.25, -0.2) is 0 Å². The number of nitrogens with one attached hydrogen (secondary N) is 1. The normalized spacial score (nSPS) is 21.4. The molecule has 2 aliphatic heterocycles. The number of piperidine rings is 1. The number of aliphatic imine (C=N–C) groups is 1. The number of carbonyl (C=O) groups excluding carboxylic acids is 1. The fourth-order valence-electron chi connectivity index (χ4n) is 5.98. The molecular weight excluding hydrogens is 486 g/mol. The van der Waals surface area contributed by atoms with Crippen LogP contribution in [-0.4, -0.2) is 42.8 Å². The highest BCUT2D eigenvalue weighted by atomic mass is 16.5. The monoisotopic (exact) mass is 525 g/mol. The van der Waals surface area contributed by atoms with Crippen molar-refractivity contribution in [3.63, 3.8) is 0 Å². The van der Waals surface area contributed by atoms with Crippen molar-refractivity contribution in [2.24, 2.45) is 16.8 Å². The van der Waals surface area contributed by atoms with Gasteiger partial charge >= 0.3 is 0 Å².